The number of amides is 1. The third-order valence-corrected chi connectivity index (χ3v) is 9.07. The number of sulfonamides is 1. The highest BCUT2D eigenvalue weighted by Crippen LogP contribution is 2.47. The van der Waals surface area contributed by atoms with Crippen molar-refractivity contribution in [1.29, 1.82) is 0 Å². The lowest BCUT2D eigenvalue weighted by atomic mass is 10.1. The summed E-state index contributed by atoms with van der Waals surface area (Å²) >= 11 is 0. The van der Waals surface area contributed by atoms with Crippen molar-refractivity contribution < 1.29 is 13.2 Å². The quantitative estimate of drug-likeness (QED) is 0.672. The number of nitrogens with zero attached hydrogens (tertiary/aromatic N) is 5. The van der Waals surface area contributed by atoms with Crippen LogP contribution in [0.5, 0.6) is 0 Å². The van der Waals surface area contributed by atoms with Gasteiger partial charge in [0.05, 0.1) is 17.6 Å². The van der Waals surface area contributed by atoms with Crippen molar-refractivity contribution in [1.82, 2.24) is 14.9 Å². The first-order valence-corrected chi connectivity index (χ1v) is 13.6. The van der Waals surface area contributed by atoms with Crippen LogP contribution in [0.3, 0.4) is 0 Å². The second-order valence-corrected chi connectivity index (χ2v) is 11.7. The van der Waals surface area contributed by atoms with Crippen molar-refractivity contribution in [3.05, 3.63) is 47.4 Å². The Hall–Kier alpha value is -2.68. The minimum Gasteiger partial charge on any atom is -0.353 e. The monoisotopic (exact) mass is 467 g/mol. The zero-order valence-electron chi connectivity index (χ0n) is 18.7. The summed E-state index contributed by atoms with van der Waals surface area (Å²) in [4.78, 5) is 26.3. The zero-order chi connectivity index (χ0) is 22.6. The Morgan fingerprint density at radius 2 is 1.67 bits per heavy atom. The molecule has 0 N–H and O–H groups in total. The van der Waals surface area contributed by atoms with E-state index < -0.39 is 10.0 Å². The molecule has 4 aliphatic rings. The summed E-state index contributed by atoms with van der Waals surface area (Å²) in [6, 6.07) is 5.72. The fourth-order valence-corrected chi connectivity index (χ4v) is 6.51. The van der Waals surface area contributed by atoms with E-state index in [1.807, 2.05) is 4.90 Å². The fourth-order valence-electron chi connectivity index (χ4n) is 4.96. The van der Waals surface area contributed by atoms with E-state index in [0.717, 1.165) is 18.9 Å². The third kappa shape index (κ3) is 4.07. The van der Waals surface area contributed by atoms with E-state index in [1.54, 1.807) is 12.1 Å². The smallest absolute Gasteiger partial charge is 0.272 e. The maximum absolute atomic E-state index is 13.0. The Bertz CT molecular complexity index is 1170. The van der Waals surface area contributed by atoms with E-state index in [2.05, 4.69) is 22.1 Å². The standard InChI is InChI=1S/C24H29N5O3S/c30-24(22-7-6-20(16-25-22)29-8-1-13-33(29,31)32)28-11-9-27(10-12-28)23-21(18-4-5-18)14-19(15-26-23)17-2-3-17/h6-7,14-18H,1-5,8-13H2. The molecule has 0 spiro atoms. The van der Waals surface area contributed by atoms with Crippen LogP contribution < -0.4 is 9.21 Å². The Balaban J connectivity index is 1.12. The van der Waals surface area contributed by atoms with Gasteiger partial charge < -0.3 is 9.80 Å². The number of carbonyl (C=O) groups is 1. The van der Waals surface area contributed by atoms with Crippen LogP contribution >= 0.6 is 0 Å². The average molecular weight is 468 g/mol. The van der Waals surface area contributed by atoms with Crippen molar-refractivity contribution in [2.24, 2.45) is 0 Å². The van der Waals surface area contributed by atoms with Gasteiger partial charge in [-0.05, 0) is 67.2 Å². The van der Waals surface area contributed by atoms with Gasteiger partial charge in [0, 0.05) is 38.9 Å². The number of piperazine rings is 1. The van der Waals surface area contributed by atoms with Crippen molar-refractivity contribution >= 4 is 27.4 Å². The molecule has 0 bridgehead atoms. The molecule has 2 saturated carbocycles. The molecule has 2 saturated heterocycles. The lowest BCUT2D eigenvalue weighted by Gasteiger charge is -2.36. The van der Waals surface area contributed by atoms with Gasteiger partial charge in [-0.2, -0.15) is 0 Å². The highest BCUT2D eigenvalue weighted by Gasteiger charge is 2.33. The molecular formula is C24H29N5O3S. The normalized spacial score (nSPS) is 22.6. The third-order valence-electron chi connectivity index (χ3n) is 7.20. The minimum atomic E-state index is -3.25. The Morgan fingerprint density at radius 3 is 2.27 bits per heavy atom. The van der Waals surface area contributed by atoms with Gasteiger partial charge in [0.25, 0.3) is 5.91 Å². The predicted octanol–water partition coefficient (Wildman–Crippen LogP) is 2.73. The van der Waals surface area contributed by atoms with Crippen molar-refractivity contribution in [2.45, 2.75) is 43.9 Å². The van der Waals surface area contributed by atoms with E-state index in [4.69, 9.17) is 4.98 Å². The van der Waals surface area contributed by atoms with Crippen molar-refractivity contribution in [2.75, 3.05) is 47.7 Å². The summed E-state index contributed by atoms with van der Waals surface area (Å²) < 4.78 is 25.6. The number of rotatable bonds is 5. The van der Waals surface area contributed by atoms with Crippen LogP contribution in [0.25, 0.3) is 0 Å². The molecule has 0 atom stereocenters. The number of aromatic nitrogens is 2. The second-order valence-electron chi connectivity index (χ2n) is 9.65. The summed E-state index contributed by atoms with van der Waals surface area (Å²) in [6.07, 6.45) is 9.25. The molecule has 4 heterocycles. The van der Waals surface area contributed by atoms with Crippen molar-refractivity contribution in [3.63, 3.8) is 0 Å². The summed E-state index contributed by atoms with van der Waals surface area (Å²) in [5.41, 5.74) is 3.68. The first-order valence-electron chi connectivity index (χ1n) is 12.0. The fraction of sp³-hybridized carbons (Fsp3) is 0.542. The number of pyridine rings is 2. The van der Waals surface area contributed by atoms with Gasteiger partial charge in [-0.3, -0.25) is 9.10 Å². The predicted molar refractivity (Wildman–Crippen MR) is 126 cm³/mol. The van der Waals surface area contributed by atoms with E-state index in [0.29, 0.717) is 49.3 Å². The van der Waals surface area contributed by atoms with Gasteiger partial charge in [-0.15, -0.1) is 0 Å². The van der Waals surface area contributed by atoms with E-state index in [9.17, 15) is 13.2 Å². The van der Waals surface area contributed by atoms with Gasteiger partial charge >= 0.3 is 0 Å². The first kappa shape index (κ1) is 20.9. The largest absolute Gasteiger partial charge is 0.353 e. The van der Waals surface area contributed by atoms with Crippen LogP contribution in [0.4, 0.5) is 11.5 Å². The summed E-state index contributed by atoms with van der Waals surface area (Å²) in [7, 11) is -3.25. The minimum absolute atomic E-state index is 0.107. The summed E-state index contributed by atoms with van der Waals surface area (Å²) in [5, 5.41) is 0. The second kappa shape index (κ2) is 7.97. The molecule has 6 rings (SSSR count). The molecule has 1 amide bonds. The van der Waals surface area contributed by atoms with Crippen LogP contribution in [0.1, 0.15) is 65.6 Å². The van der Waals surface area contributed by atoms with Crippen LogP contribution in [-0.2, 0) is 10.0 Å². The molecule has 33 heavy (non-hydrogen) atoms. The van der Waals surface area contributed by atoms with E-state index in [1.165, 1.54) is 47.3 Å². The molecule has 2 aliphatic heterocycles. The summed E-state index contributed by atoms with van der Waals surface area (Å²) in [5.74, 6) is 2.52. The van der Waals surface area contributed by atoms with Crippen LogP contribution in [0.2, 0.25) is 0 Å². The molecule has 0 unspecified atom stereocenters. The molecule has 8 nitrogen and oxygen atoms in total. The first-order chi connectivity index (χ1) is 16.0. The molecule has 9 heteroatoms. The SMILES string of the molecule is O=C(c1ccc(N2CCCS2(=O)=O)cn1)N1CCN(c2ncc(C3CC3)cc2C2CC2)CC1. The number of hydrogen-bond acceptors (Lipinski definition) is 6. The average Bonchev–Trinajstić information content (AvgIpc) is 3.76. The molecule has 2 aromatic rings. The Morgan fingerprint density at radius 1 is 0.909 bits per heavy atom. The van der Waals surface area contributed by atoms with Gasteiger partial charge in [0.1, 0.15) is 11.5 Å². The van der Waals surface area contributed by atoms with Gasteiger partial charge in [0.2, 0.25) is 10.0 Å². The highest BCUT2D eigenvalue weighted by molar-refractivity contribution is 7.93. The van der Waals surface area contributed by atoms with Crippen LogP contribution in [-0.4, -0.2) is 67.7 Å². The van der Waals surface area contributed by atoms with Crippen LogP contribution in [0.15, 0.2) is 30.6 Å². The van der Waals surface area contributed by atoms with Gasteiger partial charge in [-0.25, -0.2) is 18.4 Å². The Labute approximate surface area is 194 Å². The molecule has 2 aliphatic carbocycles. The lowest BCUT2D eigenvalue weighted by molar-refractivity contribution is 0.0740. The topological polar surface area (TPSA) is 86.7 Å². The van der Waals surface area contributed by atoms with Gasteiger partial charge in [-0.1, -0.05) is 6.07 Å². The van der Waals surface area contributed by atoms with Gasteiger partial charge in [0.15, 0.2) is 0 Å². The lowest BCUT2D eigenvalue weighted by Crippen LogP contribution is -2.49. The number of anilines is 2. The molecule has 2 aromatic heterocycles. The molecular weight excluding hydrogens is 438 g/mol. The number of carbonyl (C=O) groups excluding carboxylic acids is 1. The summed E-state index contributed by atoms with van der Waals surface area (Å²) in [6.45, 7) is 3.23. The highest BCUT2D eigenvalue weighted by atomic mass is 32.2. The maximum Gasteiger partial charge on any atom is 0.272 e. The van der Waals surface area contributed by atoms with E-state index in [-0.39, 0.29) is 11.7 Å². The molecule has 0 aromatic carbocycles. The van der Waals surface area contributed by atoms with Crippen LogP contribution in [0, 0.1) is 0 Å². The molecule has 174 valence electrons. The molecule has 4 fully saturated rings. The Kier molecular flexibility index (Phi) is 5.05. The van der Waals surface area contributed by atoms with E-state index >= 15 is 0 Å². The maximum atomic E-state index is 13.0. The molecule has 0 radical (unpaired) electrons. The zero-order valence-corrected chi connectivity index (χ0v) is 19.5. The number of hydrogen-bond donors (Lipinski definition) is 0. The van der Waals surface area contributed by atoms with Crippen molar-refractivity contribution in [3.8, 4) is 0 Å².